The Morgan fingerprint density at radius 3 is 2.64 bits per heavy atom. The minimum atomic E-state index is -0.366. The molecule has 1 saturated heterocycles. The molecule has 2 N–H and O–H groups in total. The molecule has 3 heterocycles. The zero-order valence-electron chi connectivity index (χ0n) is 18.8. The van der Waals surface area contributed by atoms with Gasteiger partial charge in [-0.2, -0.15) is 5.10 Å². The first-order valence-corrected chi connectivity index (χ1v) is 11.6. The summed E-state index contributed by atoms with van der Waals surface area (Å²) in [5.74, 6) is 0.129. The van der Waals surface area contributed by atoms with Gasteiger partial charge >= 0.3 is 0 Å². The van der Waals surface area contributed by atoms with Gasteiger partial charge in [-0.25, -0.2) is 0 Å². The number of aromatic nitrogens is 2. The molecule has 7 nitrogen and oxygen atoms in total. The molecule has 0 bridgehead atoms. The Kier molecular flexibility index (Phi) is 5.96. The third-order valence-corrected chi connectivity index (χ3v) is 6.78. The van der Waals surface area contributed by atoms with Crippen molar-refractivity contribution in [1.82, 2.24) is 20.0 Å². The van der Waals surface area contributed by atoms with Gasteiger partial charge in [-0.05, 0) is 24.5 Å². The van der Waals surface area contributed by atoms with Crippen molar-refractivity contribution in [2.45, 2.75) is 38.9 Å². The number of rotatable bonds is 6. The van der Waals surface area contributed by atoms with Crippen molar-refractivity contribution < 1.29 is 9.59 Å². The number of likely N-dealkylation sites (tertiary alicyclic amines) is 1. The third-order valence-electron chi connectivity index (χ3n) is 6.78. The van der Waals surface area contributed by atoms with Crippen LogP contribution in [0, 0.1) is 5.92 Å². The van der Waals surface area contributed by atoms with E-state index in [-0.39, 0.29) is 30.2 Å². The van der Waals surface area contributed by atoms with E-state index in [0.717, 1.165) is 42.9 Å². The van der Waals surface area contributed by atoms with Crippen LogP contribution in [0.3, 0.4) is 0 Å². The standard InChI is InChI=1S/C26H29N5O2/c1-18(20-10-6-3-7-11-20)31-16-21(14-24(31)32)26(33)27-25-22-12-13-30(17-23(22)28-29-25)15-19-8-4-2-5-9-19/h2-11,18,21H,12-17H2,1H3,(H2,27,28,29,33). The molecule has 1 aromatic heterocycles. The molecular weight excluding hydrogens is 414 g/mol. The molecule has 0 spiro atoms. The van der Waals surface area contributed by atoms with Crippen LogP contribution in [-0.2, 0) is 29.1 Å². The summed E-state index contributed by atoms with van der Waals surface area (Å²) in [5.41, 5.74) is 4.49. The van der Waals surface area contributed by atoms with E-state index in [1.807, 2.05) is 43.3 Å². The Morgan fingerprint density at radius 2 is 1.88 bits per heavy atom. The van der Waals surface area contributed by atoms with Crippen molar-refractivity contribution in [2.24, 2.45) is 5.92 Å². The van der Waals surface area contributed by atoms with E-state index < -0.39 is 0 Å². The van der Waals surface area contributed by atoms with Crippen LogP contribution in [0.4, 0.5) is 5.82 Å². The number of carbonyl (C=O) groups is 2. The highest BCUT2D eigenvalue weighted by Gasteiger charge is 2.37. The van der Waals surface area contributed by atoms with E-state index >= 15 is 0 Å². The summed E-state index contributed by atoms with van der Waals surface area (Å²) >= 11 is 0. The lowest BCUT2D eigenvalue weighted by Crippen LogP contribution is -2.31. The molecule has 0 saturated carbocycles. The maximum atomic E-state index is 13.0. The predicted molar refractivity (Wildman–Crippen MR) is 126 cm³/mol. The lowest BCUT2D eigenvalue weighted by molar-refractivity contribution is -0.129. The molecule has 0 aliphatic carbocycles. The lowest BCUT2D eigenvalue weighted by Gasteiger charge is -2.26. The molecule has 2 aliphatic heterocycles. The highest BCUT2D eigenvalue weighted by Crippen LogP contribution is 2.30. The first-order chi connectivity index (χ1) is 16.1. The molecular formula is C26H29N5O2. The summed E-state index contributed by atoms with van der Waals surface area (Å²) in [4.78, 5) is 29.8. The Morgan fingerprint density at radius 1 is 1.15 bits per heavy atom. The number of nitrogens with one attached hydrogen (secondary N) is 2. The minimum Gasteiger partial charge on any atom is -0.335 e. The fourth-order valence-electron chi connectivity index (χ4n) is 4.87. The van der Waals surface area contributed by atoms with E-state index in [9.17, 15) is 9.59 Å². The van der Waals surface area contributed by atoms with Gasteiger partial charge in [0.05, 0.1) is 17.7 Å². The predicted octanol–water partition coefficient (Wildman–Crippen LogP) is 3.52. The number of anilines is 1. The van der Waals surface area contributed by atoms with Crippen LogP contribution in [0.25, 0.3) is 0 Å². The number of hydrogen-bond donors (Lipinski definition) is 2. The van der Waals surface area contributed by atoms with Gasteiger partial charge < -0.3 is 10.2 Å². The topological polar surface area (TPSA) is 81.3 Å². The quantitative estimate of drug-likeness (QED) is 0.611. The number of amides is 2. The summed E-state index contributed by atoms with van der Waals surface area (Å²) in [7, 11) is 0. The largest absolute Gasteiger partial charge is 0.335 e. The Labute approximate surface area is 193 Å². The number of aromatic amines is 1. The molecule has 0 radical (unpaired) electrons. The van der Waals surface area contributed by atoms with Gasteiger partial charge in [-0.15, -0.1) is 0 Å². The van der Waals surface area contributed by atoms with Crippen LogP contribution in [0.1, 0.15) is 41.8 Å². The van der Waals surface area contributed by atoms with Crippen LogP contribution >= 0.6 is 0 Å². The Bertz CT molecular complexity index is 1130. The van der Waals surface area contributed by atoms with E-state index in [2.05, 4.69) is 44.7 Å². The van der Waals surface area contributed by atoms with Crippen LogP contribution in [0.2, 0.25) is 0 Å². The molecule has 5 rings (SSSR count). The van der Waals surface area contributed by atoms with Crippen LogP contribution in [-0.4, -0.2) is 44.9 Å². The highest BCUT2D eigenvalue weighted by molar-refractivity contribution is 5.97. The van der Waals surface area contributed by atoms with E-state index in [4.69, 9.17) is 0 Å². The van der Waals surface area contributed by atoms with Gasteiger partial charge in [-0.1, -0.05) is 60.7 Å². The smallest absolute Gasteiger partial charge is 0.231 e. The molecule has 3 aromatic rings. The first kappa shape index (κ1) is 21.4. The summed E-state index contributed by atoms with van der Waals surface area (Å²) in [6.45, 7) is 5.02. The molecule has 2 aromatic carbocycles. The van der Waals surface area contributed by atoms with Crippen molar-refractivity contribution in [2.75, 3.05) is 18.4 Å². The molecule has 2 atom stereocenters. The average molecular weight is 444 g/mol. The second kappa shape index (κ2) is 9.19. The molecule has 2 amide bonds. The Balaban J connectivity index is 1.21. The van der Waals surface area contributed by atoms with E-state index in [1.54, 1.807) is 4.90 Å². The molecule has 170 valence electrons. The zero-order chi connectivity index (χ0) is 22.8. The average Bonchev–Trinajstić information content (AvgIpc) is 3.43. The highest BCUT2D eigenvalue weighted by atomic mass is 16.2. The van der Waals surface area contributed by atoms with Gasteiger partial charge in [0.2, 0.25) is 11.8 Å². The number of fused-ring (bicyclic) bond motifs is 1. The van der Waals surface area contributed by atoms with Gasteiger partial charge in [0.15, 0.2) is 5.82 Å². The van der Waals surface area contributed by atoms with Crippen molar-refractivity contribution in [1.29, 1.82) is 0 Å². The zero-order valence-corrected chi connectivity index (χ0v) is 18.8. The number of H-pyrrole nitrogens is 1. The summed E-state index contributed by atoms with van der Waals surface area (Å²) in [6, 6.07) is 20.3. The summed E-state index contributed by atoms with van der Waals surface area (Å²) < 4.78 is 0. The molecule has 2 aliphatic rings. The van der Waals surface area contributed by atoms with Gasteiger partial charge in [0.1, 0.15) is 0 Å². The number of nitrogens with zero attached hydrogens (tertiary/aromatic N) is 3. The number of hydrogen-bond acceptors (Lipinski definition) is 4. The number of benzene rings is 2. The maximum Gasteiger partial charge on any atom is 0.231 e. The van der Waals surface area contributed by atoms with E-state index in [1.165, 1.54) is 5.56 Å². The van der Waals surface area contributed by atoms with Gasteiger partial charge in [0.25, 0.3) is 0 Å². The second-order valence-corrected chi connectivity index (χ2v) is 9.00. The van der Waals surface area contributed by atoms with Gasteiger partial charge in [0, 0.05) is 38.2 Å². The van der Waals surface area contributed by atoms with Crippen LogP contribution in [0.5, 0.6) is 0 Å². The van der Waals surface area contributed by atoms with Crippen molar-refractivity contribution in [3.8, 4) is 0 Å². The second-order valence-electron chi connectivity index (χ2n) is 9.00. The van der Waals surface area contributed by atoms with E-state index in [0.29, 0.717) is 12.4 Å². The van der Waals surface area contributed by atoms with Crippen molar-refractivity contribution in [3.63, 3.8) is 0 Å². The lowest BCUT2D eigenvalue weighted by atomic mass is 10.0. The Hall–Kier alpha value is -3.45. The normalized spacial score (nSPS) is 19.4. The monoisotopic (exact) mass is 443 g/mol. The summed E-state index contributed by atoms with van der Waals surface area (Å²) in [5, 5.41) is 10.5. The van der Waals surface area contributed by atoms with Crippen molar-refractivity contribution >= 4 is 17.6 Å². The molecule has 33 heavy (non-hydrogen) atoms. The first-order valence-electron chi connectivity index (χ1n) is 11.6. The molecule has 7 heteroatoms. The fourth-order valence-corrected chi connectivity index (χ4v) is 4.87. The minimum absolute atomic E-state index is 0.0205. The molecule has 2 unspecified atom stereocenters. The van der Waals surface area contributed by atoms with Crippen LogP contribution < -0.4 is 5.32 Å². The van der Waals surface area contributed by atoms with Gasteiger partial charge in [-0.3, -0.25) is 19.6 Å². The number of carbonyl (C=O) groups excluding carboxylic acids is 2. The third kappa shape index (κ3) is 4.54. The maximum absolute atomic E-state index is 13.0. The molecule has 1 fully saturated rings. The van der Waals surface area contributed by atoms with Crippen LogP contribution in [0.15, 0.2) is 60.7 Å². The fraction of sp³-hybridized carbons (Fsp3) is 0.346. The SMILES string of the molecule is CC(c1ccccc1)N1CC(C(=O)Nc2n[nH]c3c2CCN(Cc2ccccc2)C3)CC1=O. The van der Waals surface area contributed by atoms with Crippen molar-refractivity contribution in [3.05, 3.63) is 83.0 Å². The summed E-state index contributed by atoms with van der Waals surface area (Å²) in [6.07, 6.45) is 1.06.